The van der Waals surface area contributed by atoms with Crippen LogP contribution in [0.3, 0.4) is 0 Å². The lowest BCUT2D eigenvalue weighted by atomic mass is 9.81. The van der Waals surface area contributed by atoms with Gasteiger partial charge in [0.1, 0.15) is 6.61 Å². The van der Waals surface area contributed by atoms with Gasteiger partial charge in [0.2, 0.25) is 0 Å². The number of aliphatic hydroxyl groups excluding tert-OH is 1. The predicted octanol–water partition coefficient (Wildman–Crippen LogP) is 1.82. The summed E-state index contributed by atoms with van der Waals surface area (Å²) in [7, 11) is 0. The quantitative estimate of drug-likeness (QED) is 0.884. The van der Waals surface area contributed by atoms with Crippen LogP contribution in [0.25, 0.3) is 0 Å². The number of amides is 1. The van der Waals surface area contributed by atoms with Crippen molar-refractivity contribution < 1.29 is 24.1 Å². The number of hydrogen-bond acceptors (Lipinski definition) is 5. The molecule has 2 aliphatic rings. The van der Waals surface area contributed by atoms with E-state index in [1.165, 1.54) is 0 Å². The second-order valence-corrected chi connectivity index (χ2v) is 6.11. The zero-order chi connectivity index (χ0) is 16.1. The molecule has 1 aromatic carbocycles. The van der Waals surface area contributed by atoms with E-state index in [0.29, 0.717) is 32.5 Å². The topological polar surface area (TPSA) is 77.0 Å². The van der Waals surface area contributed by atoms with Gasteiger partial charge in [0.25, 0.3) is 0 Å². The molecule has 2 N–H and O–H groups in total. The summed E-state index contributed by atoms with van der Waals surface area (Å²) in [4.78, 5) is 12.0. The van der Waals surface area contributed by atoms with Crippen molar-refractivity contribution in [3.63, 3.8) is 0 Å². The van der Waals surface area contributed by atoms with Crippen molar-refractivity contribution in [3.05, 3.63) is 35.9 Å². The van der Waals surface area contributed by atoms with Gasteiger partial charge in [-0.2, -0.15) is 0 Å². The van der Waals surface area contributed by atoms with Gasteiger partial charge in [-0.25, -0.2) is 4.79 Å². The molecule has 2 fully saturated rings. The zero-order valence-corrected chi connectivity index (χ0v) is 13.1. The van der Waals surface area contributed by atoms with E-state index in [1.54, 1.807) is 0 Å². The summed E-state index contributed by atoms with van der Waals surface area (Å²) in [5.74, 6) is -0.661. The molecule has 2 atom stereocenters. The van der Waals surface area contributed by atoms with Gasteiger partial charge in [-0.3, -0.25) is 0 Å². The zero-order valence-electron chi connectivity index (χ0n) is 13.1. The van der Waals surface area contributed by atoms with Crippen LogP contribution in [0.2, 0.25) is 0 Å². The number of aliphatic hydroxyl groups is 1. The number of rotatable bonds is 4. The molecule has 1 spiro atoms. The Bertz CT molecular complexity index is 515. The van der Waals surface area contributed by atoms with Gasteiger partial charge in [-0.1, -0.05) is 30.3 Å². The highest BCUT2D eigenvalue weighted by molar-refractivity contribution is 5.67. The maximum atomic E-state index is 12.0. The SMILES string of the molecule is O=C(N[C@H]1CCC2(C[C@@H]1CO)OCCO2)OCc1ccccc1. The average molecular weight is 321 g/mol. The van der Waals surface area contributed by atoms with Gasteiger partial charge in [-0.15, -0.1) is 0 Å². The fraction of sp³-hybridized carbons (Fsp3) is 0.588. The highest BCUT2D eigenvalue weighted by Gasteiger charge is 2.45. The number of ether oxygens (including phenoxy) is 3. The second kappa shape index (κ2) is 7.29. The molecule has 23 heavy (non-hydrogen) atoms. The van der Waals surface area contributed by atoms with Crippen LogP contribution in [0, 0.1) is 5.92 Å². The van der Waals surface area contributed by atoms with Gasteiger partial charge >= 0.3 is 6.09 Å². The van der Waals surface area contributed by atoms with Crippen LogP contribution < -0.4 is 5.32 Å². The molecule has 0 aromatic heterocycles. The Morgan fingerprint density at radius 3 is 2.74 bits per heavy atom. The summed E-state index contributed by atoms with van der Waals surface area (Å²) < 4.78 is 16.6. The molecule has 1 aliphatic carbocycles. The molecule has 1 saturated carbocycles. The molecule has 0 unspecified atom stereocenters. The molecule has 6 heteroatoms. The van der Waals surface area contributed by atoms with Gasteiger partial charge < -0.3 is 24.6 Å². The minimum absolute atomic E-state index is 0.0158. The van der Waals surface area contributed by atoms with Gasteiger partial charge in [0.15, 0.2) is 5.79 Å². The lowest BCUT2D eigenvalue weighted by Gasteiger charge is -2.40. The minimum atomic E-state index is -0.570. The Labute approximate surface area is 135 Å². The maximum Gasteiger partial charge on any atom is 0.407 e. The van der Waals surface area contributed by atoms with Crippen molar-refractivity contribution in [3.8, 4) is 0 Å². The first-order valence-electron chi connectivity index (χ1n) is 8.07. The monoisotopic (exact) mass is 321 g/mol. The summed E-state index contributed by atoms with van der Waals surface area (Å²) in [5.41, 5.74) is 0.941. The molecule has 1 amide bonds. The van der Waals surface area contributed by atoms with Crippen molar-refractivity contribution in [2.45, 2.75) is 37.7 Å². The Morgan fingerprint density at radius 2 is 2.04 bits per heavy atom. The lowest BCUT2D eigenvalue weighted by molar-refractivity contribution is -0.193. The summed E-state index contributed by atoms with van der Waals surface area (Å²) >= 11 is 0. The van der Waals surface area contributed by atoms with E-state index >= 15 is 0 Å². The first-order valence-corrected chi connectivity index (χ1v) is 8.07. The summed E-state index contributed by atoms with van der Waals surface area (Å²) in [5, 5.41) is 12.5. The first kappa shape index (κ1) is 16.2. The molecule has 1 aromatic rings. The van der Waals surface area contributed by atoms with Crippen molar-refractivity contribution in [1.82, 2.24) is 5.32 Å². The van der Waals surface area contributed by atoms with E-state index in [-0.39, 0.29) is 25.2 Å². The van der Waals surface area contributed by atoms with Gasteiger partial charge in [0, 0.05) is 31.4 Å². The number of alkyl carbamates (subject to hydrolysis) is 1. The highest BCUT2D eigenvalue weighted by Crippen LogP contribution is 2.38. The van der Waals surface area contributed by atoms with Crippen LogP contribution in [-0.2, 0) is 20.8 Å². The number of benzene rings is 1. The second-order valence-electron chi connectivity index (χ2n) is 6.11. The fourth-order valence-electron chi connectivity index (χ4n) is 3.31. The standard InChI is InChI=1S/C17H23NO5/c19-11-14-10-17(22-8-9-23-17)7-6-15(14)18-16(20)21-12-13-4-2-1-3-5-13/h1-5,14-15,19H,6-12H2,(H,18,20)/t14-,15+/m1/s1. The molecular formula is C17H23NO5. The smallest absolute Gasteiger partial charge is 0.407 e. The van der Waals surface area contributed by atoms with Crippen LogP contribution >= 0.6 is 0 Å². The maximum absolute atomic E-state index is 12.0. The van der Waals surface area contributed by atoms with E-state index in [2.05, 4.69) is 5.32 Å². The fourth-order valence-corrected chi connectivity index (χ4v) is 3.31. The third-order valence-corrected chi connectivity index (χ3v) is 4.54. The number of carbonyl (C=O) groups excluding carboxylic acids is 1. The number of nitrogens with one attached hydrogen (secondary N) is 1. The Balaban J connectivity index is 1.49. The van der Waals surface area contributed by atoms with Crippen molar-refractivity contribution >= 4 is 6.09 Å². The summed E-state index contributed by atoms with van der Waals surface area (Å²) in [6.07, 6.45) is 1.55. The van der Waals surface area contributed by atoms with E-state index in [1.807, 2.05) is 30.3 Å². The minimum Gasteiger partial charge on any atom is -0.445 e. The molecule has 1 heterocycles. The molecule has 1 aliphatic heterocycles. The van der Waals surface area contributed by atoms with Crippen molar-refractivity contribution in [2.24, 2.45) is 5.92 Å². The first-order chi connectivity index (χ1) is 11.2. The van der Waals surface area contributed by atoms with E-state index in [4.69, 9.17) is 14.2 Å². The molecular weight excluding hydrogens is 298 g/mol. The van der Waals surface area contributed by atoms with Gasteiger partial charge in [-0.05, 0) is 12.0 Å². The lowest BCUT2D eigenvalue weighted by Crippen LogP contribution is -2.50. The highest BCUT2D eigenvalue weighted by atomic mass is 16.7. The van der Waals surface area contributed by atoms with Crippen LogP contribution in [0.5, 0.6) is 0 Å². The Kier molecular flexibility index (Phi) is 5.15. The number of hydrogen-bond donors (Lipinski definition) is 2. The van der Waals surface area contributed by atoms with Crippen LogP contribution in [0.1, 0.15) is 24.8 Å². The molecule has 6 nitrogen and oxygen atoms in total. The molecule has 1 saturated heterocycles. The van der Waals surface area contributed by atoms with Crippen LogP contribution in [0.4, 0.5) is 4.79 Å². The number of carbonyl (C=O) groups is 1. The van der Waals surface area contributed by atoms with Gasteiger partial charge in [0.05, 0.1) is 13.2 Å². The van der Waals surface area contributed by atoms with Crippen LogP contribution in [-0.4, -0.2) is 42.8 Å². The van der Waals surface area contributed by atoms with E-state index in [9.17, 15) is 9.90 Å². The Morgan fingerprint density at radius 1 is 1.30 bits per heavy atom. The third kappa shape index (κ3) is 4.02. The Hall–Kier alpha value is -1.63. The largest absolute Gasteiger partial charge is 0.445 e. The summed E-state index contributed by atoms with van der Waals surface area (Å²) in [6, 6.07) is 9.41. The van der Waals surface area contributed by atoms with Crippen molar-refractivity contribution in [1.29, 1.82) is 0 Å². The van der Waals surface area contributed by atoms with Crippen LogP contribution in [0.15, 0.2) is 30.3 Å². The molecule has 0 radical (unpaired) electrons. The van der Waals surface area contributed by atoms with E-state index in [0.717, 1.165) is 5.56 Å². The van der Waals surface area contributed by atoms with Crippen molar-refractivity contribution in [2.75, 3.05) is 19.8 Å². The molecule has 126 valence electrons. The molecule has 0 bridgehead atoms. The normalized spacial score (nSPS) is 26.1. The average Bonchev–Trinajstić information content (AvgIpc) is 3.04. The molecule has 3 rings (SSSR count). The predicted molar refractivity (Wildman–Crippen MR) is 82.6 cm³/mol. The third-order valence-electron chi connectivity index (χ3n) is 4.54. The van der Waals surface area contributed by atoms with E-state index < -0.39 is 11.9 Å². The summed E-state index contributed by atoms with van der Waals surface area (Å²) in [6.45, 7) is 1.40.